The molecule has 0 spiro atoms. The molecule has 1 heterocycles. The van der Waals surface area contributed by atoms with E-state index in [1.807, 2.05) is 91.0 Å². The third kappa shape index (κ3) is 8.16. The Balaban J connectivity index is 1.65. The summed E-state index contributed by atoms with van der Waals surface area (Å²) in [5.74, 6) is -0.901. The van der Waals surface area contributed by atoms with E-state index in [9.17, 15) is 9.59 Å². The molecule has 200 valence electrons. The molecule has 0 bridgehead atoms. The van der Waals surface area contributed by atoms with Crippen LogP contribution in [0.1, 0.15) is 25.0 Å². The van der Waals surface area contributed by atoms with E-state index in [1.165, 1.54) is 25.6 Å². The number of esters is 2. The second kappa shape index (κ2) is 14.1. The van der Waals surface area contributed by atoms with Crippen molar-refractivity contribution in [2.24, 2.45) is 0 Å². The zero-order valence-electron chi connectivity index (χ0n) is 21.4. The lowest BCUT2D eigenvalue weighted by atomic mass is 9.99. The van der Waals surface area contributed by atoms with Crippen molar-refractivity contribution < 1.29 is 33.3 Å². The number of thioether (sulfide) groups is 1. The first-order valence-corrected chi connectivity index (χ1v) is 13.4. The predicted molar refractivity (Wildman–Crippen MR) is 143 cm³/mol. The van der Waals surface area contributed by atoms with Gasteiger partial charge in [0.15, 0.2) is 6.10 Å². The zero-order chi connectivity index (χ0) is 26.7. The molecule has 1 saturated heterocycles. The number of hydrogen-bond acceptors (Lipinski definition) is 8. The van der Waals surface area contributed by atoms with Crippen LogP contribution in [-0.2, 0) is 46.5 Å². The molecule has 0 aromatic heterocycles. The summed E-state index contributed by atoms with van der Waals surface area (Å²) in [6, 6.07) is 29.2. The maximum Gasteiger partial charge on any atom is 0.303 e. The molecular weight excluding hydrogens is 504 g/mol. The highest BCUT2D eigenvalue weighted by Crippen LogP contribution is 2.38. The Morgan fingerprint density at radius 2 is 1.24 bits per heavy atom. The number of ether oxygens (including phenoxy) is 5. The Morgan fingerprint density at radius 3 is 1.76 bits per heavy atom. The zero-order valence-corrected chi connectivity index (χ0v) is 22.3. The highest BCUT2D eigenvalue weighted by Gasteiger charge is 2.50. The first-order valence-electron chi connectivity index (χ1n) is 12.5. The summed E-state index contributed by atoms with van der Waals surface area (Å²) >= 11 is 1.46. The molecular formula is C30H32O7S. The minimum Gasteiger partial charge on any atom is -0.463 e. The van der Waals surface area contributed by atoms with Gasteiger partial charge in [0, 0.05) is 18.7 Å². The molecule has 7 nitrogen and oxygen atoms in total. The van der Waals surface area contributed by atoms with Gasteiger partial charge in [-0.05, 0) is 23.3 Å². The molecule has 0 unspecified atom stereocenters. The van der Waals surface area contributed by atoms with E-state index in [4.69, 9.17) is 23.7 Å². The molecule has 1 fully saturated rings. The number of hydrogen-bond donors (Lipinski definition) is 0. The molecule has 0 radical (unpaired) electrons. The maximum atomic E-state index is 12.3. The van der Waals surface area contributed by atoms with Gasteiger partial charge >= 0.3 is 11.9 Å². The number of benzene rings is 3. The fourth-order valence-electron chi connectivity index (χ4n) is 4.18. The van der Waals surface area contributed by atoms with Crippen LogP contribution in [0.4, 0.5) is 0 Å². The molecule has 38 heavy (non-hydrogen) atoms. The van der Waals surface area contributed by atoms with Gasteiger partial charge in [-0.2, -0.15) is 0 Å². The summed E-state index contributed by atoms with van der Waals surface area (Å²) < 4.78 is 30.5. The Labute approximate surface area is 227 Å². The third-order valence-electron chi connectivity index (χ3n) is 5.91. The van der Waals surface area contributed by atoms with Crippen molar-refractivity contribution in [3.63, 3.8) is 0 Å². The van der Waals surface area contributed by atoms with Crippen LogP contribution < -0.4 is 0 Å². The maximum absolute atomic E-state index is 12.3. The van der Waals surface area contributed by atoms with Crippen molar-refractivity contribution in [3.05, 3.63) is 102 Å². The highest BCUT2D eigenvalue weighted by atomic mass is 32.2. The first-order chi connectivity index (χ1) is 18.5. The minimum atomic E-state index is -0.810. The summed E-state index contributed by atoms with van der Waals surface area (Å²) in [6.45, 7) is 3.19. The minimum absolute atomic E-state index is 0.0518. The normalized spacial score (nSPS) is 22.9. The molecule has 3 aromatic carbocycles. The molecule has 0 amide bonds. The van der Waals surface area contributed by atoms with Gasteiger partial charge in [0.2, 0.25) is 0 Å². The average Bonchev–Trinajstić information content (AvgIpc) is 2.92. The van der Waals surface area contributed by atoms with Crippen LogP contribution >= 0.6 is 11.8 Å². The van der Waals surface area contributed by atoms with Gasteiger partial charge in [0.25, 0.3) is 0 Å². The number of carbonyl (C=O) groups is 2. The Bertz CT molecular complexity index is 1140. The van der Waals surface area contributed by atoms with Crippen LogP contribution in [0.25, 0.3) is 0 Å². The predicted octanol–water partition coefficient (Wildman–Crippen LogP) is 5.17. The molecule has 4 rings (SSSR count). The second-order valence-electron chi connectivity index (χ2n) is 8.87. The fourth-order valence-corrected chi connectivity index (χ4v) is 5.33. The second-order valence-corrected chi connectivity index (χ2v) is 10.0. The molecule has 3 aromatic rings. The standard InChI is InChI=1S/C30H32O7S/c1-21(31)33-20-26-27(34-18-23-12-6-3-7-13-23)28(36-22(2)32)29(35-19-24-14-8-4-9-15-24)30(37-26)38-25-16-10-5-11-17-25/h3-17,26-30H,18-20H2,1-2H3/t26-,27-,28+,29+,30-/m1/s1. The molecule has 0 aliphatic carbocycles. The van der Waals surface area contributed by atoms with Crippen LogP contribution in [0.15, 0.2) is 95.9 Å². The van der Waals surface area contributed by atoms with Gasteiger partial charge in [0.05, 0.1) is 13.2 Å². The smallest absolute Gasteiger partial charge is 0.303 e. The summed E-state index contributed by atoms with van der Waals surface area (Å²) in [4.78, 5) is 25.0. The van der Waals surface area contributed by atoms with E-state index >= 15 is 0 Å². The summed E-state index contributed by atoms with van der Waals surface area (Å²) in [6.07, 6.45) is -2.91. The van der Waals surface area contributed by atoms with E-state index in [0.29, 0.717) is 6.61 Å². The monoisotopic (exact) mass is 536 g/mol. The first kappa shape index (κ1) is 27.9. The van der Waals surface area contributed by atoms with Crippen LogP contribution in [0.3, 0.4) is 0 Å². The van der Waals surface area contributed by atoms with E-state index < -0.39 is 41.8 Å². The SMILES string of the molecule is CC(=O)OC[C@H]1O[C@H](Sc2ccccc2)[C@@H](OCc2ccccc2)[C@@H](OC(C)=O)[C@@H]1OCc1ccccc1. The summed E-state index contributed by atoms with van der Waals surface area (Å²) in [5.41, 5.74) is 1.35. The average molecular weight is 537 g/mol. The van der Waals surface area contributed by atoms with Crippen molar-refractivity contribution in [2.75, 3.05) is 6.61 Å². The van der Waals surface area contributed by atoms with E-state index in [0.717, 1.165) is 16.0 Å². The van der Waals surface area contributed by atoms with Gasteiger partial charge in [-0.1, -0.05) is 90.6 Å². The van der Waals surface area contributed by atoms with Gasteiger partial charge in [-0.3, -0.25) is 9.59 Å². The van der Waals surface area contributed by atoms with Crippen molar-refractivity contribution in [1.29, 1.82) is 0 Å². The van der Waals surface area contributed by atoms with Gasteiger partial charge in [-0.25, -0.2) is 0 Å². The highest BCUT2D eigenvalue weighted by molar-refractivity contribution is 7.99. The quantitative estimate of drug-likeness (QED) is 0.311. The third-order valence-corrected chi connectivity index (χ3v) is 7.07. The summed E-state index contributed by atoms with van der Waals surface area (Å²) in [5, 5.41) is 0. The number of rotatable bonds is 11. The lowest BCUT2D eigenvalue weighted by molar-refractivity contribution is -0.246. The largest absolute Gasteiger partial charge is 0.463 e. The Kier molecular flexibility index (Phi) is 10.3. The van der Waals surface area contributed by atoms with Crippen LogP contribution in [0, 0.1) is 0 Å². The lowest BCUT2D eigenvalue weighted by Crippen LogP contribution is -2.60. The molecule has 5 atom stereocenters. The Morgan fingerprint density at radius 1 is 0.711 bits per heavy atom. The van der Waals surface area contributed by atoms with Gasteiger partial charge in [0.1, 0.15) is 30.4 Å². The van der Waals surface area contributed by atoms with Crippen molar-refractivity contribution in [1.82, 2.24) is 0 Å². The molecule has 1 aliphatic rings. The van der Waals surface area contributed by atoms with Gasteiger partial charge < -0.3 is 23.7 Å². The molecule has 0 saturated carbocycles. The molecule has 1 aliphatic heterocycles. The van der Waals surface area contributed by atoms with E-state index in [2.05, 4.69) is 0 Å². The topological polar surface area (TPSA) is 80.3 Å². The van der Waals surface area contributed by atoms with Crippen LogP contribution in [-0.4, -0.2) is 48.4 Å². The molecule has 0 N–H and O–H groups in total. The van der Waals surface area contributed by atoms with Crippen molar-refractivity contribution in [2.45, 2.75) is 61.8 Å². The Hall–Kier alpha value is -3.17. The van der Waals surface area contributed by atoms with Crippen molar-refractivity contribution >= 4 is 23.7 Å². The van der Waals surface area contributed by atoms with Crippen LogP contribution in [0.5, 0.6) is 0 Å². The summed E-state index contributed by atoms with van der Waals surface area (Å²) in [7, 11) is 0. The fraction of sp³-hybridized carbons (Fsp3) is 0.333. The van der Waals surface area contributed by atoms with E-state index in [1.54, 1.807) is 0 Å². The van der Waals surface area contributed by atoms with E-state index in [-0.39, 0.29) is 13.2 Å². The van der Waals surface area contributed by atoms with Crippen molar-refractivity contribution in [3.8, 4) is 0 Å². The molecule has 8 heteroatoms. The van der Waals surface area contributed by atoms with Crippen LogP contribution in [0.2, 0.25) is 0 Å². The number of carbonyl (C=O) groups excluding carboxylic acids is 2. The van der Waals surface area contributed by atoms with Gasteiger partial charge in [-0.15, -0.1) is 0 Å². The lowest BCUT2D eigenvalue weighted by Gasteiger charge is -2.45.